The van der Waals surface area contributed by atoms with E-state index in [2.05, 4.69) is 47.5 Å². The molecule has 5 rings (SSSR count). The highest BCUT2D eigenvalue weighted by atomic mass is 16.5. The van der Waals surface area contributed by atoms with E-state index in [9.17, 15) is 19.2 Å². The Kier molecular flexibility index (Phi) is 13.3. The smallest absolute Gasteiger partial charge is 0.407 e. The van der Waals surface area contributed by atoms with Crippen LogP contribution in [-0.2, 0) is 25.5 Å². The Bertz CT molecular complexity index is 1990. The molecule has 2 aromatic heterocycles. The van der Waals surface area contributed by atoms with Crippen LogP contribution < -0.4 is 16.0 Å². The number of hydrogen-bond donors (Lipinski definition) is 5. The van der Waals surface area contributed by atoms with Crippen molar-refractivity contribution < 1.29 is 28.7 Å². The maximum Gasteiger partial charge on any atom is 0.407 e. The number of nitrogens with one attached hydrogen (secondary N) is 5. The molecule has 0 spiro atoms. The Morgan fingerprint density at radius 3 is 2.24 bits per heavy atom. The standard InChI is InChI=1S/C40H50N8O6/c1-24(2)34(46-39(51)53-5)37(49)41-20-8-7-11-33-43-29-19-16-27(22-30(29)44-33)13-12-26-14-17-28(18-15-26)31-23-42-36(45-31)32-10-9-21-48(32)38(50)35(25(3)4)47-40(52)54-6/h14-19,22-25,32,34-35H,7-11,20-21H2,1-6H3,(H,41,49)(H,42,45)(H,43,44)(H,46,51)(H,47,52). The summed E-state index contributed by atoms with van der Waals surface area (Å²) in [5.74, 6) is 7.53. The lowest BCUT2D eigenvalue weighted by Crippen LogP contribution is -2.51. The van der Waals surface area contributed by atoms with E-state index in [1.165, 1.54) is 14.2 Å². The number of aromatic nitrogens is 4. The summed E-state index contributed by atoms with van der Waals surface area (Å²) >= 11 is 0. The van der Waals surface area contributed by atoms with E-state index >= 15 is 0 Å². The molecule has 14 nitrogen and oxygen atoms in total. The predicted octanol–water partition coefficient (Wildman–Crippen LogP) is 5.22. The minimum Gasteiger partial charge on any atom is -0.453 e. The molecule has 5 N–H and O–H groups in total. The molecule has 0 aliphatic carbocycles. The first-order valence-corrected chi connectivity index (χ1v) is 18.4. The summed E-state index contributed by atoms with van der Waals surface area (Å²) in [6.07, 6.45) is 4.47. The van der Waals surface area contributed by atoms with Crippen molar-refractivity contribution in [1.29, 1.82) is 0 Å². The van der Waals surface area contributed by atoms with Crippen LogP contribution in [-0.4, -0.2) is 88.2 Å². The zero-order chi connectivity index (χ0) is 38.8. The van der Waals surface area contributed by atoms with Crippen molar-refractivity contribution in [3.8, 4) is 23.1 Å². The number of nitrogens with zero attached hydrogens (tertiary/aromatic N) is 3. The number of imidazole rings is 2. The van der Waals surface area contributed by atoms with Crippen LogP contribution in [0.4, 0.5) is 9.59 Å². The largest absolute Gasteiger partial charge is 0.453 e. The third-order valence-corrected chi connectivity index (χ3v) is 9.46. The number of amides is 4. The molecular formula is C40H50N8O6. The predicted molar refractivity (Wildman–Crippen MR) is 204 cm³/mol. The fourth-order valence-corrected chi connectivity index (χ4v) is 6.44. The molecule has 3 atom stereocenters. The molecule has 14 heteroatoms. The lowest BCUT2D eigenvalue weighted by Gasteiger charge is -2.30. The number of likely N-dealkylation sites (tertiary alicyclic amines) is 1. The Labute approximate surface area is 315 Å². The average molecular weight is 739 g/mol. The van der Waals surface area contributed by atoms with Crippen LogP contribution in [0.25, 0.3) is 22.3 Å². The molecule has 4 amide bonds. The number of rotatable bonds is 13. The first-order valence-electron chi connectivity index (χ1n) is 18.4. The Morgan fingerprint density at radius 2 is 1.56 bits per heavy atom. The number of H-pyrrole nitrogens is 2. The number of unbranched alkanes of at least 4 members (excludes halogenated alkanes) is 1. The quantitative estimate of drug-likeness (QED) is 0.0914. The van der Waals surface area contributed by atoms with Gasteiger partial charge in [0.15, 0.2) is 0 Å². The molecule has 3 unspecified atom stereocenters. The second kappa shape index (κ2) is 18.3. The van der Waals surface area contributed by atoms with Gasteiger partial charge in [-0.3, -0.25) is 9.59 Å². The normalized spacial score (nSPS) is 15.0. The summed E-state index contributed by atoms with van der Waals surface area (Å²) in [5, 5.41) is 8.16. The van der Waals surface area contributed by atoms with Crippen molar-refractivity contribution in [2.24, 2.45) is 11.8 Å². The number of hydrogen-bond acceptors (Lipinski definition) is 8. The van der Waals surface area contributed by atoms with Gasteiger partial charge in [-0.25, -0.2) is 19.6 Å². The molecule has 0 radical (unpaired) electrons. The second-order valence-corrected chi connectivity index (χ2v) is 14.1. The van der Waals surface area contributed by atoms with Gasteiger partial charge >= 0.3 is 12.2 Å². The number of methoxy groups -OCH3 is 2. The Hall–Kier alpha value is -5.84. The van der Waals surface area contributed by atoms with Gasteiger partial charge in [-0.2, -0.15) is 0 Å². The van der Waals surface area contributed by atoms with E-state index < -0.39 is 24.3 Å². The highest BCUT2D eigenvalue weighted by Gasteiger charge is 2.37. The molecule has 286 valence electrons. The van der Waals surface area contributed by atoms with Gasteiger partial charge in [-0.1, -0.05) is 51.7 Å². The molecule has 0 saturated carbocycles. The molecule has 1 aliphatic rings. The van der Waals surface area contributed by atoms with E-state index in [1.54, 1.807) is 11.1 Å². The van der Waals surface area contributed by atoms with E-state index in [0.29, 0.717) is 18.9 Å². The highest BCUT2D eigenvalue weighted by molar-refractivity contribution is 5.87. The van der Waals surface area contributed by atoms with Crippen molar-refractivity contribution in [2.75, 3.05) is 27.3 Å². The summed E-state index contributed by atoms with van der Waals surface area (Å²) in [6, 6.07) is 12.3. The number of fused-ring (bicyclic) bond motifs is 1. The molecule has 1 fully saturated rings. The summed E-state index contributed by atoms with van der Waals surface area (Å²) in [4.78, 5) is 67.4. The molecule has 4 aromatic rings. The van der Waals surface area contributed by atoms with Gasteiger partial charge in [-0.05, 0) is 73.4 Å². The van der Waals surface area contributed by atoms with Gasteiger partial charge in [0.25, 0.3) is 0 Å². The molecular weight excluding hydrogens is 688 g/mol. The maximum atomic E-state index is 13.5. The minimum absolute atomic E-state index is 0.0728. The number of carbonyl (C=O) groups excluding carboxylic acids is 4. The average Bonchev–Trinajstić information content (AvgIpc) is 3.94. The van der Waals surface area contributed by atoms with Gasteiger partial charge in [0, 0.05) is 30.6 Å². The monoisotopic (exact) mass is 738 g/mol. The number of aryl methyl sites for hydroxylation is 1. The van der Waals surface area contributed by atoms with Gasteiger partial charge in [0.05, 0.1) is 43.2 Å². The number of benzene rings is 2. The third-order valence-electron chi connectivity index (χ3n) is 9.46. The third kappa shape index (κ3) is 9.97. The minimum atomic E-state index is -0.687. The molecule has 3 heterocycles. The summed E-state index contributed by atoms with van der Waals surface area (Å²) in [7, 11) is 2.56. The van der Waals surface area contributed by atoms with E-state index in [1.807, 2.05) is 70.2 Å². The van der Waals surface area contributed by atoms with Crippen molar-refractivity contribution in [3.05, 3.63) is 71.4 Å². The first kappa shape index (κ1) is 39.4. The fraction of sp³-hybridized carbons (Fsp3) is 0.450. The number of alkyl carbamates (subject to hydrolysis) is 2. The van der Waals surface area contributed by atoms with Crippen LogP contribution in [0.2, 0.25) is 0 Å². The van der Waals surface area contributed by atoms with Crippen LogP contribution in [0, 0.1) is 23.7 Å². The Morgan fingerprint density at radius 1 is 0.889 bits per heavy atom. The second-order valence-electron chi connectivity index (χ2n) is 14.1. The van der Waals surface area contributed by atoms with Crippen LogP contribution in [0.3, 0.4) is 0 Å². The summed E-state index contributed by atoms with van der Waals surface area (Å²) in [5.41, 5.74) is 5.29. The van der Waals surface area contributed by atoms with E-state index in [0.717, 1.165) is 71.3 Å². The van der Waals surface area contributed by atoms with Crippen LogP contribution in [0.15, 0.2) is 48.7 Å². The van der Waals surface area contributed by atoms with Crippen molar-refractivity contribution in [1.82, 2.24) is 40.8 Å². The molecule has 1 aliphatic heterocycles. The highest BCUT2D eigenvalue weighted by Crippen LogP contribution is 2.32. The maximum absolute atomic E-state index is 13.5. The van der Waals surface area contributed by atoms with Crippen LogP contribution in [0.5, 0.6) is 0 Å². The number of aromatic amines is 2. The molecule has 0 bridgehead atoms. The molecule has 1 saturated heterocycles. The van der Waals surface area contributed by atoms with Gasteiger partial charge in [0.2, 0.25) is 11.8 Å². The SMILES string of the molecule is COC(=O)NC(C(=O)NCCCCc1nc2ccc(C#Cc3ccc(-c4cnc(C5CCCN5C(=O)C(NC(=O)OC)C(C)C)[nH]4)cc3)cc2[nH]1)C(C)C. The van der Waals surface area contributed by atoms with Gasteiger partial charge in [-0.15, -0.1) is 0 Å². The fourth-order valence-electron chi connectivity index (χ4n) is 6.44. The summed E-state index contributed by atoms with van der Waals surface area (Å²) in [6.45, 7) is 8.61. The van der Waals surface area contributed by atoms with Gasteiger partial charge in [0.1, 0.15) is 23.7 Å². The van der Waals surface area contributed by atoms with Crippen LogP contribution in [0.1, 0.15) is 82.2 Å². The van der Waals surface area contributed by atoms with Crippen molar-refractivity contribution in [3.63, 3.8) is 0 Å². The zero-order valence-electron chi connectivity index (χ0n) is 31.7. The van der Waals surface area contributed by atoms with Gasteiger partial charge < -0.3 is 40.3 Å². The van der Waals surface area contributed by atoms with Crippen molar-refractivity contribution >= 4 is 35.0 Å². The lowest BCUT2D eigenvalue weighted by atomic mass is 10.0. The van der Waals surface area contributed by atoms with E-state index in [-0.39, 0.29) is 29.7 Å². The number of carbonyl (C=O) groups is 4. The number of ether oxygens (including phenoxy) is 2. The Balaban J connectivity index is 1.14. The van der Waals surface area contributed by atoms with E-state index in [4.69, 9.17) is 9.72 Å². The first-order chi connectivity index (χ1) is 26.0. The zero-order valence-corrected chi connectivity index (χ0v) is 31.7. The van der Waals surface area contributed by atoms with Crippen LogP contribution >= 0.6 is 0 Å². The van der Waals surface area contributed by atoms with Crippen molar-refractivity contribution in [2.45, 2.75) is 77.9 Å². The summed E-state index contributed by atoms with van der Waals surface area (Å²) < 4.78 is 9.37. The topological polar surface area (TPSA) is 183 Å². The molecule has 54 heavy (non-hydrogen) atoms. The lowest BCUT2D eigenvalue weighted by molar-refractivity contribution is -0.135. The molecule has 2 aromatic carbocycles.